The number of hydrogen-bond acceptors (Lipinski definition) is 6. The molecular formula is C23H30N2O6S. The van der Waals surface area contributed by atoms with Crippen molar-refractivity contribution >= 4 is 21.7 Å². The quantitative estimate of drug-likeness (QED) is 0.494. The monoisotopic (exact) mass is 462 g/mol. The highest BCUT2D eigenvalue weighted by atomic mass is 32.2. The Morgan fingerprint density at radius 2 is 1.75 bits per heavy atom. The van der Waals surface area contributed by atoms with Crippen LogP contribution in [0, 0.1) is 0 Å². The van der Waals surface area contributed by atoms with E-state index in [0.29, 0.717) is 23.6 Å². The summed E-state index contributed by atoms with van der Waals surface area (Å²) in [5.41, 5.74) is 1.29. The summed E-state index contributed by atoms with van der Waals surface area (Å²) in [5, 5.41) is 12.9. The number of anilines is 1. The van der Waals surface area contributed by atoms with Crippen LogP contribution in [0.5, 0.6) is 11.5 Å². The smallest absolute Gasteiger partial charge is 0.337 e. The number of methoxy groups -OCH3 is 2. The Morgan fingerprint density at radius 3 is 2.41 bits per heavy atom. The minimum absolute atomic E-state index is 0.0432. The Balaban J connectivity index is 1.69. The summed E-state index contributed by atoms with van der Waals surface area (Å²) < 4.78 is 38.5. The molecule has 0 unspecified atom stereocenters. The largest absolute Gasteiger partial charge is 0.493 e. The van der Waals surface area contributed by atoms with E-state index in [1.165, 1.54) is 25.7 Å². The van der Waals surface area contributed by atoms with Gasteiger partial charge < -0.3 is 19.9 Å². The lowest BCUT2D eigenvalue weighted by Gasteiger charge is -2.24. The summed E-state index contributed by atoms with van der Waals surface area (Å²) >= 11 is 0. The van der Waals surface area contributed by atoms with Crippen LogP contribution in [0.25, 0.3) is 0 Å². The Hall–Kier alpha value is -2.78. The van der Waals surface area contributed by atoms with Gasteiger partial charge in [0.2, 0.25) is 10.0 Å². The van der Waals surface area contributed by atoms with Crippen LogP contribution < -0.4 is 19.5 Å². The highest BCUT2D eigenvalue weighted by Gasteiger charge is 2.21. The van der Waals surface area contributed by atoms with E-state index >= 15 is 0 Å². The van der Waals surface area contributed by atoms with Crippen LogP contribution >= 0.6 is 0 Å². The maximum Gasteiger partial charge on any atom is 0.337 e. The second-order valence-electron chi connectivity index (χ2n) is 7.83. The summed E-state index contributed by atoms with van der Waals surface area (Å²) in [7, 11) is -0.774. The Labute approximate surface area is 189 Å². The summed E-state index contributed by atoms with van der Waals surface area (Å²) in [6, 6.07) is 9.80. The van der Waals surface area contributed by atoms with E-state index in [1.54, 1.807) is 25.3 Å². The van der Waals surface area contributed by atoms with E-state index in [4.69, 9.17) is 9.47 Å². The number of sulfonamides is 1. The van der Waals surface area contributed by atoms with Crippen LogP contribution in [0.4, 0.5) is 5.69 Å². The molecule has 0 saturated heterocycles. The Kier molecular flexibility index (Phi) is 7.98. The molecule has 32 heavy (non-hydrogen) atoms. The van der Waals surface area contributed by atoms with Crippen LogP contribution in [0.2, 0.25) is 0 Å². The molecule has 0 heterocycles. The molecule has 0 bridgehead atoms. The van der Waals surface area contributed by atoms with Crippen molar-refractivity contribution in [3.8, 4) is 11.5 Å². The molecule has 9 heteroatoms. The van der Waals surface area contributed by atoms with Gasteiger partial charge in [-0.2, -0.15) is 0 Å². The average molecular weight is 463 g/mol. The first-order chi connectivity index (χ1) is 15.3. The highest BCUT2D eigenvalue weighted by molar-refractivity contribution is 7.89. The normalized spacial score (nSPS) is 14.7. The summed E-state index contributed by atoms with van der Waals surface area (Å²) in [5.74, 6) is 0.00524. The average Bonchev–Trinajstić information content (AvgIpc) is 2.79. The zero-order chi connectivity index (χ0) is 23.1. The lowest BCUT2D eigenvalue weighted by molar-refractivity contribution is 0.0697. The third kappa shape index (κ3) is 5.92. The number of carbonyl (C=O) groups is 1. The van der Waals surface area contributed by atoms with Crippen molar-refractivity contribution in [3.05, 3.63) is 47.5 Å². The number of hydrogen-bond donors (Lipinski definition) is 3. The lowest BCUT2D eigenvalue weighted by atomic mass is 9.95. The summed E-state index contributed by atoms with van der Waals surface area (Å²) in [6.45, 7) is 0.155. The number of aromatic carboxylic acids is 1. The number of benzene rings is 2. The lowest BCUT2D eigenvalue weighted by Crippen LogP contribution is -2.27. The fourth-order valence-electron chi connectivity index (χ4n) is 3.91. The molecule has 174 valence electrons. The fourth-order valence-corrected chi connectivity index (χ4v) is 4.97. The zero-order valence-electron chi connectivity index (χ0n) is 18.4. The predicted molar refractivity (Wildman–Crippen MR) is 122 cm³/mol. The van der Waals surface area contributed by atoms with Gasteiger partial charge >= 0.3 is 5.97 Å². The van der Waals surface area contributed by atoms with Gasteiger partial charge in [0.1, 0.15) is 0 Å². The van der Waals surface area contributed by atoms with E-state index in [1.807, 2.05) is 6.07 Å². The number of carboxylic acids is 1. The molecule has 0 atom stereocenters. The fraction of sp³-hybridized carbons (Fsp3) is 0.435. The van der Waals surface area contributed by atoms with Crippen molar-refractivity contribution in [1.29, 1.82) is 0 Å². The highest BCUT2D eigenvalue weighted by Crippen LogP contribution is 2.28. The van der Waals surface area contributed by atoms with Crippen LogP contribution in [-0.2, 0) is 16.4 Å². The topological polar surface area (TPSA) is 114 Å². The number of nitrogens with one attached hydrogen (secondary N) is 2. The van der Waals surface area contributed by atoms with E-state index in [9.17, 15) is 18.3 Å². The van der Waals surface area contributed by atoms with Gasteiger partial charge in [-0.3, -0.25) is 0 Å². The second kappa shape index (κ2) is 10.7. The van der Waals surface area contributed by atoms with E-state index in [-0.39, 0.29) is 23.0 Å². The zero-order valence-corrected chi connectivity index (χ0v) is 19.2. The van der Waals surface area contributed by atoms with Crippen molar-refractivity contribution in [3.63, 3.8) is 0 Å². The van der Waals surface area contributed by atoms with Gasteiger partial charge in [0, 0.05) is 18.3 Å². The molecule has 0 aliphatic heterocycles. The van der Waals surface area contributed by atoms with E-state index < -0.39 is 16.0 Å². The third-order valence-electron chi connectivity index (χ3n) is 5.65. The van der Waals surface area contributed by atoms with Crippen molar-refractivity contribution in [1.82, 2.24) is 4.72 Å². The van der Waals surface area contributed by atoms with E-state index in [0.717, 1.165) is 31.2 Å². The SMILES string of the molecule is COc1ccc(CCNS(=O)(=O)c2ccc(NC3CCCCC3)c(C(=O)O)c2)cc1OC. The van der Waals surface area contributed by atoms with Gasteiger partial charge in [-0.1, -0.05) is 25.3 Å². The first-order valence-corrected chi connectivity index (χ1v) is 12.2. The van der Waals surface area contributed by atoms with Gasteiger partial charge in [-0.25, -0.2) is 17.9 Å². The first-order valence-electron chi connectivity index (χ1n) is 10.7. The molecule has 1 aliphatic carbocycles. The molecular weight excluding hydrogens is 432 g/mol. The molecule has 2 aromatic carbocycles. The molecule has 0 aromatic heterocycles. The number of ether oxygens (including phenoxy) is 2. The van der Waals surface area contributed by atoms with Crippen LogP contribution in [0.15, 0.2) is 41.3 Å². The molecule has 1 fully saturated rings. The van der Waals surface area contributed by atoms with Crippen LogP contribution in [0.3, 0.4) is 0 Å². The predicted octanol–water partition coefficient (Wildman–Crippen LogP) is 3.67. The molecule has 0 radical (unpaired) electrons. The second-order valence-corrected chi connectivity index (χ2v) is 9.60. The van der Waals surface area contributed by atoms with Gasteiger partial charge in [-0.05, 0) is 55.2 Å². The van der Waals surface area contributed by atoms with Gasteiger partial charge in [0.05, 0.1) is 24.7 Å². The standard InChI is InChI=1S/C23H30N2O6S/c1-30-21-11-8-16(14-22(21)31-2)12-13-24-32(28,29)18-9-10-20(19(15-18)23(26)27)25-17-6-4-3-5-7-17/h8-11,14-15,17,24-25H,3-7,12-13H2,1-2H3,(H,26,27). The molecule has 3 N–H and O–H groups in total. The van der Waals surface area contributed by atoms with Crippen molar-refractivity contribution in [2.24, 2.45) is 0 Å². The van der Waals surface area contributed by atoms with Gasteiger partial charge in [-0.15, -0.1) is 0 Å². The Bertz CT molecular complexity index is 1050. The number of carboxylic acid groups (broad SMARTS) is 1. The summed E-state index contributed by atoms with van der Waals surface area (Å²) in [4.78, 5) is 11.7. The van der Waals surface area contributed by atoms with Crippen molar-refractivity contribution in [2.75, 3.05) is 26.1 Å². The maximum atomic E-state index is 12.8. The van der Waals surface area contributed by atoms with Crippen molar-refractivity contribution < 1.29 is 27.8 Å². The molecule has 3 rings (SSSR count). The Morgan fingerprint density at radius 1 is 1.03 bits per heavy atom. The summed E-state index contributed by atoms with van der Waals surface area (Å²) in [6.07, 6.45) is 5.81. The molecule has 1 saturated carbocycles. The maximum absolute atomic E-state index is 12.8. The molecule has 0 amide bonds. The molecule has 0 spiro atoms. The van der Waals surface area contributed by atoms with Crippen LogP contribution in [0.1, 0.15) is 48.0 Å². The van der Waals surface area contributed by atoms with Gasteiger partial charge in [0.15, 0.2) is 11.5 Å². The number of rotatable bonds is 10. The first kappa shape index (κ1) is 23.9. The minimum atomic E-state index is -3.86. The molecule has 2 aromatic rings. The van der Waals surface area contributed by atoms with Crippen LogP contribution in [-0.4, -0.2) is 46.3 Å². The molecule has 1 aliphatic rings. The van der Waals surface area contributed by atoms with Gasteiger partial charge in [0.25, 0.3) is 0 Å². The van der Waals surface area contributed by atoms with Crippen molar-refractivity contribution in [2.45, 2.75) is 49.5 Å². The molecule has 8 nitrogen and oxygen atoms in total. The minimum Gasteiger partial charge on any atom is -0.493 e. The third-order valence-corrected chi connectivity index (χ3v) is 7.11. The van der Waals surface area contributed by atoms with E-state index in [2.05, 4.69) is 10.0 Å².